The first-order valence-electron chi connectivity index (χ1n) is 9.80. The molecule has 7 heteroatoms. The van der Waals surface area contributed by atoms with Gasteiger partial charge in [0, 0.05) is 17.1 Å². The molecule has 4 rings (SSSR count). The number of amides is 3. The lowest BCUT2D eigenvalue weighted by Crippen LogP contribution is -2.66. The summed E-state index contributed by atoms with van der Waals surface area (Å²) in [6.45, 7) is 1.38. The van der Waals surface area contributed by atoms with Gasteiger partial charge in [0.05, 0.1) is 25.7 Å². The topological polar surface area (TPSA) is 61.9 Å². The number of nitrogens with one attached hydrogen (secondary N) is 1. The van der Waals surface area contributed by atoms with Crippen LogP contribution in [-0.2, 0) is 17.9 Å². The van der Waals surface area contributed by atoms with Crippen LogP contribution in [0.3, 0.4) is 0 Å². The number of rotatable bonds is 5. The summed E-state index contributed by atoms with van der Waals surface area (Å²) in [5.74, 6) is 0.286. The van der Waals surface area contributed by atoms with E-state index in [0.29, 0.717) is 17.3 Å². The minimum atomic E-state index is -0.295. The Bertz CT molecular complexity index is 920. The second-order valence-electron chi connectivity index (χ2n) is 7.42. The minimum absolute atomic E-state index is 0.125. The van der Waals surface area contributed by atoms with Gasteiger partial charge in [-0.15, -0.1) is 0 Å². The number of hydrogen-bond donors (Lipinski definition) is 1. The van der Waals surface area contributed by atoms with Gasteiger partial charge in [0.25, 0.3) is 0 Å². The summed E-state index contributed by atoms with van der Waals surface area (Å²) in [5, 5.41) is 4.00. The molecule has 2 heterocycles. The normalized spacial score (nSPS) is 21.9. The van der Waals surface area contributed by atoms with Gasteiger partial charge in [0.1, 0.15) is 5.75 Å². The van der Waals surface area contributed by atoms with Gasteiger partial charge in [-0.25, -0.2) is 4.79 Å². The number of piperidine rings is 1. The molecule has 2 aromatic carbocycles. The summed E-state index contributed by atoms with van der Waals surface area (Å²) in [6, 6.07) is 14.6. The van der Waals surface area contributed by atoms with E-state index in [1.54, 1.807) is 12.0 Å². The molecule has 2 aliphatic heterocycles. The largest absolute Gasteiger partial charge is 0.496 e. The zero-order valence-electron chi connectivity index (χ0n) is 16.3. The number of para-hydroxylation sites is 1. The Kier molecular flexibility index (Phi) is 5.74. The number of carbonyl (C=O) groups is 2. The van der Waals surface area contributed by atoms with E-state index in [1.807, 2.05) is 48.5 Å². The minimum Gasteiger partial charge on any atom is -0.496 e. The summed E-state index contributed by atoms with van der Waals surface area (Å²) >= 11 is 6.13. The number of methoxy groups -OCH3 is 1. The average molecular weight is 414 g/mol. The Morgan fingerprint density at radius 1 is 1.14 bits per heavy atom. The second kappa shape index (κ2) is 8.43. The van der Waals surface area contributed by atoms with Crippen molar-refractivity contribution in [3.63, 3.8) is 0 Å². The number of carbonyl (C=O) groups excluding carboxylic acids is 2. The van der Waals surface area contributed by atoms with Crippen LogP contribution in [0.2, 0.25) is 5.02 Å². The lowest BCUT2D eigenvalue weighted by Gasteiger charge is -2.47. The standard InChI is InChI=1S/C22H24ClN3O3/c1-29-19-10-3-2-7-16(19)14-26-21(27)18-9-5-11-24-20(18)25(22(26)28)13-15-6-4-8-17(23)12-15/h2-4,6-8,10,12,18,20,24H,5,9,11,13-14H2,1H3. The van der Waals surface area contributed by atoms with Crippen LogP contribution >= 0.6 is 11.6 Å². The Hall–Kier alpha value is -2.57. The highest BCUT2D eigenvalue weighted by atomic mass is 35.5. The summed E-state index contributed by atoms with van der Waals surface area (Å²) in [6.07, 6.45) is 1.38. The van der Waals surface area contributed by atoms with Crippen molar-refractivity contribution < 1.29 is 14.3 Å². The van der Waals surface area contributed by atoms with Crippen molar-refractivity contribution in [2.24, 2.45) is 5.92 Å². The van der Waals surface area contributed by atoms with Gasteiger partial charge < -0.3 is 9.64 Å². The summed E-state index contributed by atoms with van der Waals surface area (Å²) < 4.78 is 5.41. The number of ether oxygens (including phenoxy) is 1. The number of halogens is 1. The maximum atomic E-state index is 13.4. The van der Waals surface area contributed by atoms with Gasteiger partial charge in [-0.3, -0.25) is 15.0 Å². The maximum absolute atomic E-state index is 13.4. The highest BCUT2D eigenvalue weighted by Crippen LogP contribution is 2.31. The van der Waals surface area contributed by atoms with Gasteiger partial charge >= 0.3 is 6.03 Å². The molecule has 1 N–H and O–H groups in total. The van der Waals surface area contributed by atoms with Crippen LogP contribution in [0.25, 0.3) is 0 Å². The fourth-order valence-electron chi connectivity index (χ4n) is 4.17. The van der Waals surface area contributed by atoms with Gasteiger partial charge in [-0.2, -0.15) is 0 Å². The maximum Gasteiger partial charge on any atom is 0.328 e. The summed E-state index contributed by atoms with van der Waals surface area (Å²) in [5.41, 5.74) is 1.74. The van der Waals surface area contributed by atoms with Crippen molar-refractivity contribution >= 4 is 23.5 Å². The fraction of sp³-hybridized carbons (Fsp3) is 0.364. The molecule has 3 amide bonds. The third-order valence-corrected chi connectivity index (χ3v) is 5.82. The van der Waals surface area contributed by atoms with Crippen LogP contribution in [0, 0.1) is 5.92 Å². The van der Waals surface area contributed by atoms with E-state index in [0.717, 1.165) is 30.5 Å². The zero-order chi connectivity index (χ0) is 20.4. The van der Waals surface area contributed by atoms with Crippen LogP contribution in [0.1, 0.15) is 24.0 Å². The molecule has 2 unspecified atom stereocenters. The number of urea groups is 1. The van der Waals surface area contributed by atoms with Crippen LogP contribution in [0.15, 0.2) is 48.5 Å². The molecular formula is C22H24ClN3O3. The Morgan fingerprint density at radius 2 is 1.97 bits per heavy atom. The average Bonchev–Trinajstić information content (AvgIpc) is 2.74. The fourth-order valence-corrected chi connectivity index (χ4v) is 4.39. The second-order valence-corrected chi connectivity index (χ2v) is 7.86. The van der Waals surface area contributed by atoms with Crippen LogP contribution in [0.4, 0.5) is 4.79 Å². The monoisotopic (exact) mass is 413 g/mol. The van der Waals surface area contributed by atoms with E-state index >= 15 is 0 Å². The molecule has 0 saturated carbocycles. The van der Waals surface area contributed by atoms with Crippen molar-refractivity contribution in [3.05, 3.63) is 64.7 Å². The smallest absolute Gasteiger partial charge is 0.328 e. The molecule has 0 spiro atoms. The third-order valence-electron chi connectivity index (χ3n) is 5.59. The first-order valence-corrected chi connectivity index (χ1v) is 10.2. The summed E-state index contributed by atoms with van der Waals surface area (Å²) in [7, 11) is 1.59. The number of hydrogen-bond acceptors (Lipinski definition) is 4. The van der Waals surface area contributed by atoms with E-state index in [2.05, 4.69) is 5.32 Å². The molecule has 2 atom stereocenters. The summed E-state index contributed by atoms with van der Waals surface area (Å²) in [4.78, 5) is 29.7. The molecule has 2 fully saturated rings. The third kappa shape index (κ3) is 3.95. The predicted molar refractivity (Wildman–Crippen MR) is 110 cm³/mol. The number of benzene rings is 2. The van der Waals surface area contributed by atoms with Gasteiger partial charge in [0.2, 0.25) is 5.91 Å². The van der Waals surface area contributed by atoms with Crippen molar-refractivity contribution in [2.45, 2.75) is 32.1 Å². The lowest BCUT2D eigenvalue weighted by molar-refractivity contribution is -0.142. The zero-order valence-corrected chi connectivity index (χ0v) is 17.1. The van der Waals surface area contributed by atoms with E-state index in [4.69, 9.17) is 16.3 Å². The van der Waals surface area contributed by atoms with Crippen LogP contribution < -0.4 is 10.1 Å². The molecule has 152 valence electrons. The molecule has 0 aromatic heterocycles. The highest BCUT2D eigenvalue weighted by Gasteiger charge is 2.47. The Balaban J connectivity index is 1.65. The van der Waals surface area contributed by atoms with Crippen molar-refractivity contribution in [3.8, 4) is 5.75 Å². The molecule has 6 nitrogen and oxygen atoms in total. The molecule has 2 saturated heterocycles. The molecule has 29 heavy (non-hydrogen) atoms. The van der Waals surface area contributed by atoms with Crippen LogP contribution in [-0.4, -0.2) is 41.6 Å². The number of nitrogens with zero attached hydrogens (tertiary/aromatic N) is 2. The van der Waals surface area contributed by atoms with E-state index in [-0.39, 0.29) is 30.6 Å². The first-order chi connectivity index (χ1) is 14.1. The van der Waals surface area contributed by atoms with Crippen molar-refractivity contribution in [2.75, 3.05) is 13.7 Å². The number of fused-ring (bicyclic) bond motifs is 1. The molecule has 0 radical (unpaired) electrons. The number of imide groups is 1. The first kappa shape index (κ1) is 19.7. The Morgan fingerprint density at radius 3 is 2.76 bits per heavy atom. The lowest BCUT2D eigenvalue weighted by atomic mass is 9.91. The van der Waals surface area contributed by atoms with Crippen LogP contribution in [0.5, 0.6) is 5.75 Å². The quantitative estimate of drug-likeness (QED) is 0.812. The van der Waals surface area contributed by atoms with Crippen molar-refractivity contribution in [1.82, 2.24) is 15.1 Å². The molecule has 0 aliphatic carbocycles. The molecule has 0 bridgehead atoms. The SMILES string of the molecule is COc1ccccc1CN1C(=O)C2CCCNC2N(Cc2cccc(Cl)c2)C1=O. The van der Waals surface area contributed by atoms with Gasteiger partial charge in [0.15, 0.2) is 0 Å². The van der Waals surface area contributed by atoms with Gasteiger partial charge in [-0.1, -0.05) is 41.9 Å². The van der Waals surface area contributed by atoms with Gasteiger partial charge in [-0.05, 0) is 43.1 Å². The van der Waals surface area contributed by atoms with E-state index < -0.39 is 0 Å². The van der Waals surface area contributed by atoms with Crippen molar-refractivity contribution in [1.29, 1.82) is 0 Å². The molecular weight excluding hydrogens is 390 g/mol. The molecule has 2 aromatic rings. The van der Waals surface area contributed by atoms with E-state index in [1.165, 1.54) is 4.90 Å². The molecule has 2 aliphatic rings. The highest BCUT2D eigenvalue weighted by molar-refractivity contribution is 6.30. The Labute approximate surface area is 175 Å². The van der Waals surface area contributed by atoms with E-state index in [9.17, 15) is 9.59 Å². The predicted octanol–water partition coefficient (Wildman–Crippen LogP) is 3.64.